The molecule has 116 valence electrons. The van der Waals surface area contributed by atoms with Crippen LogP contribution in [0.25, 0.3) is 22.0 Å². The van der Waals surface area contributed by atoms with Gasteiger partial charge in [-0.15, -0.1) is 0 Å². The fraction of sp³-hybridized carbons (Fsp3) is 0.158. The highest BCUT2D eigenvalue weighted by atomic mass is 16.5. The van der Waals surface area contributed by atoms with Crippen LogP contribution in [-0.4, -0.2) is 17.6 Å². The van der Waals surface area contributed by atoms with Crippen LogP contribution in [0.5, 0.6) is 0 Å². The van der Waals surface area contributed by atoms with E-state index in [0.717, 1.165) is 16.5 Å². The highest BCUT2D eigenvalue weighted by Crippen LogP contribution is 2.30. The van der Waals surface area contributed by atoms with Crippen molar-refractivity contribution in [2.75, 3.05) is 6.61 Å². The number of ether oxygens (including phenoxy) is 1. The fourth-order valence-corrected chi connectivity index (χ4v) is 2.66. The molecule has 0 unspecified atom stereocenters. The summed E-state index contributed by atoms with van der Waals surface area (Å²) in [5.41, 5.74) is 2.86. The third-order valence-electron chi connectivity index (χ3n) is 3.74. The smallest absolute Gasteiger partial charge is 0.344 e. The highest BCUT2D eigenvalue weighted by molar-refractivity contribution is 6.06. The van der Waals surface area contributed by atoms with E-state index in [9.17, 15) is 9.59 Å². The van der Waals surface area contributed by atoms with Gasteiger partial charge in [-0.05, 0) is 25.5 Å². The Labute approximate surface area is 133 Å². The summed E-state index contributed by atoms with van der Waals surface area (Å²) in [4.78, 5) is 27.5. The number of esters is 1. The minimum atomic E-state index is -0.602. The molecule has 0 saturated carbocycles. The van der Waals surface area contributed by atoms with E-state index in [4.69, 9.17) is 4.74 Å². The van der Waals surface area contributed by atoms with Crippen molar-refractivity contribution in [3.8, 4) is 11.1 Å². The van der Waals surface area contributed by atoms with Gasteiger partial charge in [0.1, 0.15) is 5.56 Å². The van der Waals surface area contributed by atoms with E-state index in [1.54, 1.807) is 6.92 Å². The Bertz CT molecular complexity index is 923. The standard InChI is InChI=1S/C19H17NO3/c1-3-23-19(22)17-16(13-10-8-12(2)9-11-13)14-6-4-5-7-15(14)20-18(17)21/h4-11H,3H2,1-2H3,(H,20,21). The zero-order valence-electron chi connectivity index (χ0n) is 13.1. The number of hydrogen-bond acceptors (Lipinski definition) is 3. The van der Waals surface area contributed by atoms with Gasteiger partial charge in [-0.25, -0.2) is 4.79 Å². The predicted octanol–water partition coefficient (Wildman–Crippen LogP) is 3.68. The number of fused-ring (bicyclic) bond motifs is 1. The second-order valence-electron chi connectivity index (χ2n) is 5.34. The maximum atomic E-state index is 12.5. The first-order chi connectivity index (χ1) is 11.1. The van der Waals surface area contributed by atoms with Crippen molar-refractivity contribution in [2.24, 2.45) is 0 Å². The molecule has 0 radical (unpaired) electrons. The first-order valence-corrected chi connectivity index (χ1v) is 7.51. The van der Waals surface area contributed by atoms with Crippen molar-refractivity contribution in [2.45, 2.75) is 13.8 Å². The van der Waals surface area contributed by atoms with Crippen LogP contribution in [0.4, 0.5) is 0 Å². The van der Waals surface area contributed by atoms with Crippen molar-refractivity contribution >= 4 is 16.9 Å². The fourth-order valence-electron chi connectivity index (χ4n) is 2.66. The molecular formula is C19H17NO3. The zero-order valence-corrected chi connectivity index (χ0v) is 13.1. The molecule has 0 aliphatic carbocycles. The number of H-pyrrole nitrogens is 1. The van der Waals surface area contributed by atoms with E-state index in [0.29, 0.717) is 11.1 Å². The van der Waals surface area contributed by atoms with Gasteiger partial charge >= 0.3 is 5.97 Å². The summed E-state index contributed by atoms with van der Waals surface area (Å²) in [7, 11) is 0. The third-order valence-corrected chi connectivity index (χ3v) is 3.74. The molecule has 0 fully saturated rings. The third kappa shape index (κ3) is 2.75. The Hall–Kier alpha value is -2.88. The van der Waals surface area contributed by atoms with Crippen LogP contribution in [0.3, 0.4) is 0 Å². The van der Waals surface area contributed by atoms with Gasteiger partial charge in [-0.3, -0.25) is 4.79 Å². The van der Waals surface area contributed by atoms with Gasteiger partial charge in [-0.1, -0.05) is 48.0 Å². The number of aromatic amines is 1. The number of para-hydroxylation sites is 1. The summed E-state index contributed by atoms with van der Waals surface area (Å²) in [5.74, 6) is -0.602. The molecule has 3 aromatic rings. The Morgan fingerprint density at radius 1 is 1.09 bits per heavy atom. The summed E-state index contributed by atoms with van der Waals surface area (Å²) < 4.78 is 5.08. The molecule has 1 heterocycles. The molecule has 4 heteroatoms. The van der Waals surface area contributed by atoms with E-state index in [1.165, 1.54) is 0 Å². The summed E-state index contributed by atoms with van der Waals surface area (Å²) in [6.07, 6.45) is 0. The first-order valence-electron chi connectivity index (χ1n) is 7.51. The Morgan fingerprint density at radius 2 is 1.78 bits per heavy atom. The molecule has 0 saturated heterocycles. The number of carbonyl (C=O) groups is 1. The van der Waals surface area contributed by atoms with E-state index < -0.39 is 11.5 Å². The quantitative estimate of drug-likeness (QED) is 0.751. The second-order valence-corrected chi connectivity index (χ2v) is 5.34. The van der Waals surface area contributed by atoms with Gasteiger partial charge in [-0.2, -0.15) is 0 Å². The Morgan fingerprint density at radius 3 is 2.48 bits per heavy atom. The summed E-state index contributed by atoms with van der Waals surface area (Å²) >= 11 is 0. The molecule has 0 aliphatic rings. The van der Waals surface area contributed by atoms with Crippen LogP contribution in [0.15, 0.2) is 53.3 Å². The van der Waals surface area contributed by atoms with Crippen LogP contribution in [0, 0.1) is 6.92 Å². The molecule has 3 rings (SSSR count). The van der Waals surface area contributed by atoms with Gasteiger partial charge in [0.05, 0.1) is 6.61 Å². The van der Waals surface area contributed by atoms with E-state index in [1.807, 2.05) is 55.5 Å². The first kappa shape index (κ1) is 15.0. The number of nitrogens with one attached hydrogen (secondary N) is 1. The molecule has 1 N–H and O–H groups in total. The number of carbonyl (C=O) groups excluding carboxylic acids is 1. The summed E-state index contributed by atoms with van der Waals surface area (Å²) in [6, 6.07) is 15.2. The lowest BCUT2D eigenvalue weighted by atomic mass is 9.95. The average molecular weight is 307 g/mol. The van der Waals surface area contributed by atoms with Gasteiger partial charge in [0.2, 0.25) is 0 Å². The van der Waals surface area contributed by atoms with Crippen LogP contribution in [-0.2, 0) is 4.74 Å². The number of hydrogen-bond donors (Lipinski definition) is 1. The lowest BCUT2D eigenvalue weighted by Gasteiger charge is -2.12. The molecule has 1 aromatic heterocycles. The SMILES string of the molecule is CCOC(=O)c1c(-c2ccc(C)cc2)c2ccccc2[nH]c1=O. The van der Waals surface area contributed by atoms with Crippen molar-refractivity contribution in [3.63, 3.8) is 0 Å². The summed E-state index contributed by atoms with van der Waals surface area (Å²) in [6.45, 7) is 3.93. The molecule has 0 aliphatic heterocycles. The van der Waals surface area contributed by atoms with Crippen molar-refractivity contribution in [1.82, 2.24) is 4.98 Å². The molecule has 23 heavy (non-hydrogen) atoms. The molecule has 2 aromatic carbocycles. The average Bonchev–Trinajstić information content (AvgIpc) is 2.54. The number of rotatable bonds is 3. The topological polar surface area (TPSA) is 59.2 Å². The van der Waals surface area contributed by atoms with Gasteiger partial charge in [0.15, 0.2) is 0 Å². The van der Waals surface area contributed by atoms with Gasteiger partial charge in [0.25, 0.3) is 5.56 Å². The minimum absolute atomic E-state index is 0.0504. The molecule has 4 nitrogen and oxygen atoms in total. The Balaban J connectivity index is 2.39. The van der Waals surface area contributed by atoms with Crippen molar-refractivity contribution < 1.29 is 9.53 Å². The van der Waals surface area contributed by atoms with Crippen molar-refractivity contribution in [1.29, 1.82) is 0 Å². The number of aromatic nitrogens is 1. The minimum Gasteiger partial charge on any atom is -0.462 e. The zero-order chi connectivity index (χ0) is 16.4. The molecule has 0 spiro atoms. The monoisotopic (exact) mass is 307 g/mol. The maximum absolute atomic E-state index is 12.5. The Kier molecular flexibility index (Phi) is 3.98. The van der Waals surface area contributed by atoms with Crippen LogP contribution in [0.1, 0.15) is 22.8 Å². The molecule has 0 bridgehead atoms. The van der Waals surface area contributed by atoms with Gasteiger partial charge < -0.3 is 9.72 Å². The number of pyridine rings is 1. The van der Waals surface area contributed by atoms with E-state index in [-0.39, 0.29) is 12.2 Å². The van der Waals surface area contributed by atoms with Crippen LogP contribution in [0.2, 0.25) is 0 Å². The number of aryl methyl sites for hydroxylation is 1. The van der Waals surface area contributed by atoms with Gasteiger partial charge in [0, 0.05) is 16.5 Å². The second kappa shape index (κ2) is 6.08. The van der Waals surface area contributed by atoms with Crippen LogP contribution >= 0.6 is 0 Å². The largest absolute Gasteiger partial charge is 0.462 e. The maximum Gasteiger partial charge on any atom is 0.344 e. The normalized spacial score (nSPS) is 10.7. The van der Waals surface area contributed by atoms with Crippen LogP contribution < -0.4 is 5.56 Å². The lowest BCUT2D eigenvalue weighted by molar-refractivity contribution is 0.0525. The molecular weight excluding hydrogens is 290 g/mol. The summed E-state index contributed by atoms with van der Waals surface area (Å²) in [5, 5.41) is 0.819. The van der Waals surface area contributed by atoms with E-state index in [2.05, 4.69) is 4.98 Å². The lowest BCUT2D eigenvalue weighted by Crippen LogP contribution is -2.21. The molecule has 0 amide bonds. The van der Waals surface area contributed by atoms with Crippen molar-refractivity contribution in [3.05, 3.63) is 70.0 Å². The number of benzene rings is 2. The predicted molar refractivity (Wildman–Crippen MR) is 90.7 cm³/mol. The van der Waals surface area contributed by atoms with E-state index >= 15 is 0 Å². The highest BCUT2D eigenvalue weighted by Gasteiger charge is 2.21. The molecule has 0 atom stereocenters.